The van der Waals surface area contributed by atoms with Gasteiger partial charge < -0.3 is 9.72 Å². The van der Waals surface area contributed by atoms with E-state index in [1.54, 1.807) is 0 Å². The number of halogens is 1. The Hall–Kier alpha value is -1.55. The summed E-state index contributed by atoms with van der Waals surface area (Å²) in [5.41, 5.74) is 2.95. The number of hydrogen-bond acceptors (Lipinski definition) is 3. The molecule has 0 aliphatic heterocycles. The van der Waals surface area contributed by atoms with E-state index in [0.29, 0.717) is 18.9 Å². The molecule has 0 bridgehead atoms. The summed E-state index contributed by atoms with van der Waals surface area (Å²) in [7, 11) is 0. The zero-order valence-corrected chi connectivity index (χ0v) is 10.3. The first-order valence-electron chi connectivity index (χ1n) is 5.36. The SMILES string of the molecule is CC(=O)OCCc1ccc2[nH]c(CCl)nc2c1. The number of aromatic nitrogens is 2. The quantitative estimate of drug-likeness (QED) is 0.672. The number of benzene rings is 1. The summed E-state index contributed by atoms with van der Waals surface area (Å²) >= 11 is 5.71. The normalized spacial score (nSPS) is 10.7. The highest BCUT2D eigenvalue weighted by Gasteiger charge is 2.03. The largest absolute Gasteiger partial charge is 0.466 e. The highest BCUT2D eigenvalue weighted by Crippen LogP contribution is 2.15. The van der Waals surface area contributed by atoms with Gasteiger partial charge in [-0.3, -0.25) is 4.79 Å². The number of imidazole rings is 1. The fraction of sp³-hybridized carbons (Fsp3) is 0.333. The maximum Gasteiger partial charge on any atom is 0.302 e. The minimum Gasteiger partial charge on any atom is -0.466 e. The molecule has 0 atom stereocenters. The number of H-pyrrole nitrogens is 1. The number of fused-ring (bicyclic) bond motifs is 1. The van der Waals surface area contributed by atoms with Gasteiger partial charge in [-0.15, -0.1) is 11.6 Å². The van der Waals surface area contributed by atoms with Crippen LogP contribution >= 0.6 is 11.6 Å². The van der Waals surface area contributed by atoms with Gasteiger partial charge in [-0.2, -0.15) is 0 Å². The van der Waals surface area contributed by atoms with E-state index in [1.807, 2.05) is 18.2 Å². The second-order valence-electron chi connectivity index (χ2n) is 3.76. The van der Waals surface area contributed by atoms with Crippen LogP contribution in [0.3, 0.4) is 0 Å². The van der Waals surface area contributed by atoms with Gasteiger partial charge in [0, 0.05) is 13.3 Å². The van der Waals surface area contributed by atoms with Gasteiger partial charge >= 0.3 is 5.97 Å². The minimum absolute atomic E-state index is 0.254. The number of carbonyl (C=O) groups is 1. The molecular weight excluding hydrogens is 240 g/mol. The first kappa shape index (κ1) is 11.9. The van der Waals surface area contributed by atoms with E-state index in [-0.39, 0.29) is 5.97 Å². The number of hydrogen-bond donors (Lipinski definition) is 1. The number of esters is 1. The molecular formula is C12H13ClN2O2. The number of carbonyl (C=O) groups excluding carboxylic acids is 1. The molecule has 0 amide bonds. The minimum atomic E-state index is -0.254. The number of nitrogens with one attached hydrogen (secondary N) is 1. The molecule has 0 unspecified atom stereocenters. The van der Waals surface area contributed by atoms with Crippen LogP contribution < -0.4 is 0 Å². The molecule has 0 aliphatic rings. The highest BCUT2D eigenvalue weighted by atomic mass is 35.5. The molecule has 5 heteroatoms. The number of aromatic amines is 1. The molecule has 1 aromatic heterocycles. The number of nitrogens with zero attached hydrogens (tertiary/aromatic N) is 1. The average Bonchev–Trinajstić information content (AvgIpc) is 2.70. The third kappa shape index (κ3) is 2.97. The van der Waals surface area contributed by atoms with Crippen molar-refractivity contribution in [3.8, 4) is 0 Å². The molecule has 2 rings (SSSR count). The lowest BCUT2D eigenvalue weighted by Gasteiger charge is -2.01. The Bertz CT molecular complexity index is 536. The predicted molar refractivity (Wildman–Crippen MR) is 66.0 cm³/mol. The lowest BCUT2D eigenvalue weighted by atomic mass is 10.1. The molecule has 1 aromatic carbocycles. The Morgan fingerprint density at radius 1 is 1.53 bits per heavy atom. The molecule has 0 spiro atoms. The molecule has 1 heterocycles. The Balaban J connectivity index is 2.11. The highest BCUT2D eigenvalue weighted by molar-refractivity contribution is 6.16. The summed E-state index contributed by atoms with van der Waals surface area (Å²) in [5.74, 6) is 0.881. The van der Waals surface area contributed by atoms with Gasteiger partial charge in [0.1, 0.15) is 5.82 Å². The Labute approximate surface area is 104 Å². The summed E-state index contributed by atoms with van der Waals surface area (Å²) < 4.78 is 4.90. The van der Waals surface area contributed by atoms with Crippen LogP contribution in [0, 0.1) is 0 Å². The Kier molecular flexibility index (Phi) is 3.64. The van der Waals surface area contributed by atoms with Gasteiger partial charge in [0.05, 0.1) is 23.5 Å². The van der Waals surface area contributed by atoms with Crippen molar-refractivity contribution in [2.24, 2.45) is 0 Å². The van der Waals surface area contributed by atoms with E-state index in [0.717, 1.165) is 22.4 Å². The summed E-state index contributed by atoms with van der Waals surface area (Å²) in [6.45, 7) is 1.80. The van der Waals surface area contributed by atoms with Gasteiger partial charge in [-0.05, 0) is 17.7 Å². The maximum absolute atomic E-state index is 10.6. The van der Waals surface area contributed by atoms with Crippen molar-refractivity contribution in [1.82, 2.24) is 9.97 Å². The van der Waals surface area contributed by atoms with Gasteiger partial charge in [0.2, 0.25) is 0 Å². The Morgan fingerprint density at radius 2 is 2.35 bits per heavy atom. The molecule has 0 saturated carbocycles. The summed E-state index contributed by atoms with van der Waals surface area (Å²) in [6.07, 6.45) is 0.693. The van der Waals surface area contributed by atoms with Crippen molar-refractivity contribution in [3.05, 3.63) is 29.6 Å². The van der Waals surface area contributed by atoms with E-state index in [4.69, 9.17) is 16.3 Å². The molecule has 2 aromatic rings. The van der Waals surface area contributed by atoms with Crippen LogP contribution in [0.2, 0.25) is 0 Å². The first-order chi connectivity index (χ1) is 8.19. The number of rotatable bonds is 4. The topological polar surface area (TPSA) is 55.0 Å². The fourth-order valence-corrected chi connectivity index (χ4v) is 1.76. The van der Waals surface area contributed by atoms with Crippen molar-refractivity contribution in [3.63, 3.8) is 0 Å². The predicted octanol–water partition coefficient (Wildman–Crippen LogP) is 2.41. The number of alkyl halides is 1. The lowest BCUT2D eigenvalue weighted by Crippen LogP contribution is -2.03. The molecule has 17 heavy (non-hydrogen) atoms. The van der Waals surface area contributed by atoms with Crippen LogP contribution in [0.1, 0.15) is 18.3 Å². The third-order valence-electron chi connectivity index (χ3n) is 2.42. The van der Waals surface area contributed by atoms with E-state index < -0.39 is 0 Å². The summed E-state index contributed by atoms with van der Waals surface area (Å²) in [5, 5.41) is 0. The lowest BCUT2D eigenvalue weighted by molar-refractivity contribution is -0.140. The van der Waals surface area contributed by atoms with Crippen LogP contribution in [0.25, 0.3) is 11.0 Å². The van der Waals surface area contributed by atoms with Gasteiger partial charge in [0.15, 0.2) is 0 Å². The molecule has 0 fully saturated rings. The number of ether oxygens (including phenoxy) is 1. The van der Waals surface area contributed by atoms with Gasteiger partial charge in [0.25, 0.3) is 0 Å². The van der Waals surface area contributed by atoms with Crippen molar-refractivity contribution in [2.45, 2.75) is 19.2 Å². The fourth-order valence-electron chi connectivity index (χ4n) is 1.64. The summed E-state index contributed by atoms with van der Waals surface area (Å²) in [6, 6.07) is 5.93. The van der Waals surface area contributed by atoms with E-state index >= 15 is 0 Å². The van der Waals surface area contributed by atoms with Gasteiger partial charge in [-0.1, -0.05) is 6.07 Å². The van der Waals surface area contributed by atoms with Crippen molar-refractivity contribution in [2.75, 3.05) is 6.61 Å². The zero-order valence-electron chi connectivity index (χ0n) is 9.50. The molecule has 90 valence electrons. The van der Waals surface area contributed by atoms with E-state index in [9.17, 15) is 4.79 Å². The van der Waals surface area contributed by atoms with Crippen molar-refractivity contribution < 1.29 is 9.53 Å². The molecule has 1 N–H and O–H groups in total. The van der Waals surface area contributed by atoms with E-state index in [2.05, 4.69) is 9.97 Å². The van der Waals surface area contributed by atoms with Crippen LogP contribution in [-0.2, 0) is 21.8 Å². The van der Waals surface area contributed by atoms with E-state index in [1.165, 1.54) is 6.92 Å². The summed E-state index contributed by atoms with van der Waals surface area (Å²) in [4.78, 5) is 18.1. The smallest absolute Gasteiger partial charge is 0.302 e. The molecule has 4 nitrogen and oxygen atoms in total. The first-order valence-corrected chi connectivity index (χ1v) is 5.89. The zero-order chi connectivity index (χ0) is 12.3. The monoisotopic (exact) mass is 252 g/mol. The van der Waals surface area contributed by atoms with Crippen molar-refractivity contribution in [1.29, 1.82) is 0 Å². The van der Waals surface area contributed by atoms with Crippen LogP contribution in [-0.4, -0.2) is 22.5 Å². The second kappa shape index (κ2) is 5.19. The van der Waals surface area contributed by atoms with Crippen LogP contribution in [0.15, 0.2) is 18.2 Å². The van der Waals surface area contributed by atoms with Crippen molar-refractivity contribution >= 4 is 28.6 Å². The second-order valence-corrected chi connectivity index (χ2v) is 4.03. The standard InChI is InChI=1S/C12H13ClN2O2/c1-8(16)17-5-4-9-2-3-10-11(6-9)15-12(7-13)14-10/h2-3,6H,4-5,7H2,1H3,(H,14,15). The average molecular weight is 253 g/mol. The molecule has 0 radical (unpaired) electrons. The Morgan fingerprint density at radius 3 is 3.06 bits per heavy atom. The molecule has 0 aliphatic carbocycles. The van der Waals surface area contributed by atoms with Crippen LogP contribution in [0.4, 0.5) is 0 Å². The van der Waals surface area contributed by atoms with Crippen LogP contribution in [0.5, 0.6) is 0 Å². The van der Waals surface area contributed by atoms with Gasteiger partial charge in [-0.25, -0.2) is 4.98 Å². The molecule has 0 saturated heterocycles. The maximum atomic E-state index is 10.6. The third-order valence-corrected chi connectivity index (χ3v) is 2.67.